The molecule has 10 heteroatoms. The number of alkyl carbamates (subject to hydrolysis) is 1. The van der Waals surface area contributed by atoms with Crippen molar-refractivity contribution in [3.63, 3.8) is 0 Å². The lowest BCUT2D eigenvalue weighted by Crippen LogP contribution is -2.57. The number of carbonyl (C=O) groups excluding carboxylic acids is 3. The molecule has 2 aromatic rings. The lowest BCUT2D eigenvalue weighted by atomic mass is 9.79. The van der Waals surface area contributed by atoms with Gasteiger partial charge in [0.25, 0.3) is 0 Å². The van der Waals surface area contributed by atoms with E-state index in [0.29, 0.717) is 35.9 Å². The van der Waals surface area contributed by atoms with Crippen molar-refractivity contribution in [3.8, 4) is 11.6 Å². The molecule has 2 aliphatic carbocycles. The second kappa shape index (κ2) is 12.3. The summed E-state index contributed by atoms with van der Waals surface area (Å²) >= 11 is 0. The van der Waals surface area contributed by atoms with Crippen molar-refractivity contribution in [3.05, 3.63) is 23.9 Å². The van der Waals surface area contributed by atoms with Gasteiger partial charge in [0.05, 0.1) is 30.7 Å². The molecule has 3 fully saturated rings. The number of nitrogens with zero attached hydrogens (tertiary/aromatic N) is 3. The van der Waals surface area contributed by atoms with E-state index in [-0.39, 0.29) is 24.5 Å². The second-order valence-electron chi connectivity index (χ2n) is 13.2. The van der Waals surface area contributed by atoms with Gasteiger partial charge in [0.1, 0.15) is 36.0 Å². The van der Waals surface area contributed by atoms with E-state index in [1.54, 1.807) is 12.0 Å². The molecule has 3 heterocycles. The van der Waals surface area contributed by atoms with Gasteiger partial charge in [-0.2, -0.15) is 0 Å². The topological polar surface area (TPSA) is 120 Å². The van der Waals surface area contributed by atoms with Gasteiger partial charge >= 0.3 is 6.09 Å². The molecule has 0 spiro atoms. The van der Waals surface area contributed by atoms with Crippen molar-refractivity contribution < 1.29 is 28.6 Å². The predicted octanol–water partition coefficient (Wildman–Crippen LogP) is 5.00. The molecular weight excluding hydrogens is 548 g/mol. The van der Waals surface area contributed by atoms with Crippen LogP contribution in [-0.4, -0.2) is 71.1 Å². The fraction of sp³-hybridized carbons (Fsp3) is 0.667. The highest BCUT2D eigenvalue weighted by atomic mass is 16.6. The first kappa shape index (κ1) is 29.6. The predicted molar refractivity (Wildman–Crippen MR) is 160 cm³/mol. The largest absolute Gasteiger partial charge is 0.497 e. The maximum Gasteiger partial charge on any atom is 0.408 e. The Bertz CT molecular complexity index is 1360. The molecule has 1 aromatic heterocycles. The van der Waals surface area contributed by atoms with Crippen LogP contribution in [0.3, 0.4) is 0 Å². The van der Waals surface area contributed by atoms with E-state index >= 15 is 0 Å². The van der Waals surface area contributed by atoms with Gasteiger partial charge in [-0.25, -0.2) is 14.8 Å². The second-order valence-corrected chi connectivity index (χ2v) is 13.2. The lowest BCUT2D eigenvalue weighted by Gasteiger charge is -2.37. The Kier molecular flexibility index (Phi) is 8.47. The van der Waals surface area contributed by atoms with Crippen LogP contribution in [-0.2, 0) is 20.7 Å². The fourth-order valence-electron chi connectivity index (χ4n) is 7.53. The standard InChI is InChI=1S/C33H44N4O6/c1-4-22-26(19-38)37-18-28(22)42-30-24(34-23-13-12-21(41-3)17-25(23)35-30)11-7-5-6-10-20-16-27(20)43-32(40)36-29(31(37)39)33(2)14-8-9-15-33/h12-13,17,19-20,22,26-29H,4-11,14-16,18H2,1-3H3,(H,36,40)/t20-,22+,26-,27-,28+,29-/m1/s1. The number of nitrogens with one attached hydrogen (secondary N) is 1. The number of hydrogen-bond donors (Lipinski definition) is 1. The molecular formula is C33H44N4O6. The molecule has 1 saturated heterocycles. The minimum absolute atomic E-state index is 0.0993. The Hall–Kier alpha value is -3.43. The van der Waals surface area contributed by atoms with Crippen LogP contribution in [0.4, 0.5) is 4.79 Å². The zero-order chi connectivity index (χ0) is 30.1. The van der Waals surface area contributed by atoms with Crippen LogP contribution in [0, 0.1) is 17.3 Å². The molecule has 6 atom stereocenters. The number of methoxy groups -OCH3 is 1. The molecule has 4 aliphatic rings. The van der Waals surface area contributed by atoms with Gasteiger partial charge in [-0.3, -0.25) is 4.79 Å². The van der Waals surface area contributed by atoms with Crippen LogP contribution in [0.15, 0.2) is 18.2 Å². The molecule has 1 aromatic carbocycles. The smallest absolute Gasteiger partial charge is 0.408 e. The van der Waals surface area contributed by atoms with E-state index < -0.39 is 29.7 Å². The number of ether oxygens (including phenoxy) is 3. The molecule has 2 aliphatic heterocycles. The van der Waals surface area contributed by atoms with Gasteiger partial charge in [0, 0.05) is 12.0 Å². The Morgan fingerprint density at radius 3 is 2.63 bits per heavy atom. The van der Waals surface area contributed by atoms with Crippen LogP contribution in [0.2, 0.25) is 0 Å². The van der Waals surface area contributed by atoms with Gasteiger partial charge in [0.15, 0.2) is 0 Å². The van der Waals surface area contributed by atoms with E-state index in [2.05, 4.69) is 12.2 Å². The van der Waals surface area contributed by atoms with E-state index in [9.17, 15) is 14.4 Å². The molecule has 2 saturated carbocycles. The number of amides is 2. The zero-order valence-electron chi connectivity index (χ0n) is 25.5. The molecule has 232 valence electrons. The van der Waals surface area contributed by atoms with Gasteiger partial charge in [-0.15, -0.1) is 0 Å². The number of rotatable bonds is 4. The number of aromatic nitrogens is 2. The Labute approximate surface area is 253 Å². The molecule has 10 nitrogen and oxygen atoms in total. The van der Waals surface area contributed by atoms with Crippen molar-refractivity contribution in [2.75, 3.05) is 13.7 Å². The van der Waals surface area contributed by atoms with Gasteiger partial charge in [-0.1, -0.05) is 39.5 Å². The summed E-state index contributed by atoms with van der Waals surface area (Å²) in [4.78, 5) is 51.5. The maximum atomic E-state index is 14.3. The van der Waals surface area contributed by atoms with Gasteiger partial charge in [-0.05, 0) is 68.4 Å². The minimum atomic E-state index is -0.777. The molecule has 0 radical (unpaired) electrons. The summed E-state index contributed by atoms with van der Waals surface area (Å²) in [7, 11) is 1.62. The first-order valence-corrected chi connectivity index (χ1v) is 16.1. The molecule has 1 N–H and O–H groups in total. The Morgan fingerprint density at radius 2 is 1.88 bits per heavy atom. The lowest BCUT2D eigenvalue weighted by molar-refractivity contribution is -0.140. The SMILES string of the molecule is CC[C@@H]1[C@@H]2CN(C(=O)[C@H](C3(C)CCCC3)NC(=O)O[C@@H]3C[C@H]3CCCCCc3nc4ccc(OC)cc4nc3O2)[C@@H]1C=O. The van der Waals surface area contributed by atoms with E-state index in [1.165, 1.54) is 0 Å². The number of carbonyl (C=O) groups is 3. The summed E-state index contributed by atoms with van der Waals surface area (Å²) in [5, 5.41) is 2.97. The van der Waals surface area contributed by atoms with Crippen molar-refractivity contribution in [1.82, 2.24) is 20.2 Å². The summed E-state index contributed by atoms with van der Waals surface area (Å²) < 4.78 is 17.9. The third kappa shape index (κ3) is 6.02. The average Bonchev–Trinajstić information content (AvgIpc) is 3.40. The van der Waals surface area contributed by atoms with Crippen LogP contribution >= 0.6 is 0 Å². The normalized spacial score (nSPS) is 31.1. The summed E-state index contributed by atoms with van der Waals surface area (Å²) in [6, 6.07) is 4.19. The summed E-state index contributed by atoms with van der Waals surface area (Å²) in [6.07, 6.45) is 9.62. The van der Waals surface area contributed by atoms with Crippen LogP contribution < -0.4 is 14.8 Å². The van der Waals surface area contributed by atoms with Gasteiger partial charge in [0.2, 0.25) is 11.8 Å². The van der Waals surface area contributed by atoms with Crippen molar-refractivity contribution in [2.45, 2.75) is 109 Å². The highest BCUT2D eigenvalue weighted by Gasteiger charge is 2.51. The van der Waals surface area contributed by atoms with E-state index in [4.69, 9.17) is 24.2 Å². The third-order valence-electron chi connectivity index (χ3n) is 10.3. The summed E-state index contributed by atoms with van der Waals surface area (Å²) in [5.41, 5.74) is 1.82. The monoisotopic (exact) mass is 592 g/mol. The fourth-order valence-corrected chi connectivity index (χ4v) is 7.53. The van der Waals surface area contributed by atoms with Crippen LogP contribution in [0.5, 0.6) is 11.6 Å². The van der Waals surface area contributed by atoms with Crippen molar-refractivity contribution in [2.24, 2.45) is 17.3 Å². The van der Waals surface area contributed by atoms with E-state index in [1.807, 2.05) is 25.1 Å². The molecule has 0 unspecified atom stereocenters. The molecule has 2 bridgehead atoms. The summed E-state index contributed by atoms with van der Waals surface area (Å²) in [6.45, 7) is 4.31. The summed E-state index contributed by atoms with van der Waals surface area (Å²) in [5.74, 6) is 1.02. The number of hydrogen-bond acceptors (Lipinski definition) is 8. The Morgan fingerprint density at radius 1 is 1.07 bits per heavy atom. The Balaban J connectivity index is 1.36. The van der Waals surface area contributed by atoms with Crippen LogP contribution in [0.1, 0.15) is 83.7 Å². The zero-order valence-corrected chi connectivity index (χ0v) is 25.5. The highest BCUT2D eigenvalue weighted by molar-refractivity contribution is 5.89. The number of benzene rings is 1. The first-order valence-electron chi connectivity index (χ1n) is 16.1. The quantitative estimate of drug-likeness (QED) is 0.493. The first-order chi connectivity index (χ1) is 20.8. The number of fused-ring (bicyclic) bond motifs is 5. The van der Waals surface area contributed by atoms with Crippen LogP contribution in [0.25, 0.3) is 11.0 Å². The maximum absolute atomic E-state index is 14.3. The number of aryl methyl sites for hydroxylation is 1. The molecule has 43 heavy (non-hydrogen) atoms. The van der Waals surface area contributed by atoms with Crippen molar-refractivity contribution in [1.29, 1.82) is 0 Å². The molecule has 2 amide bonds. The minimum Gasteiger partial charge on any atom is -0.497 e. The van der Waals surface area contributed by atoms with Crippen molar-refractivity contribution >= 4 is 29.3 Å². The number of aldehydes is 1. The molecule has 6 rings (SSSR count). The average molecular weight is 593 g/mol. The highest BCUT2D eigenvalue weighted by Crippen LogP contribution is 2.43. The third-order valence-corrected chi connectivity index (χ3v) is 10.3. The van der Waals surface area contributed by atoms with Gasteiger partial charge < -0.3 is 29.2 Å². The van der Waals surface area contributed by atoms with E-state index in [0.717, 1.165) is 75.3 Å².